The van der Waals surface area contributed by atoms with Crippen LogP contribution in [0.5, 0.6) is 0 Å². The fourth-order valence-corrected chi connectivity index (χ4v) is 2.64. The van der Waals surface area contributed by atoms with Crippen molar-refractivity contribution in [2.45, 2.75) is 40.2 Å². The molecule has 5 nitrogen and oxygen atoms in total. The van der Waals surface area contributed by atoms with Gasteiger partial charge in [0.2, 0.25) is 0 Å². The lowest BCUT2D eigenvalue weighted by molar-refractivity contribution is 0.340. The van der Waals surface area contributed by atoms with Crippen LogP contribution in [-0.2, 0) is 0 Å². The van der Waals surface area contributed by atoms with Crippen LogP contribution in [0.3, 0.4) is 0 Å². The Hall–Kier alpha value is -1.43. The number of hydrogen-bond acceptors (Lipinski definition) is 4. The summed E-state index contributed by atoms with van der Waals surface area (Å²) in [5, 5.41) is 12.2. The lowest BCUT2D eigenvalue weighted by atomic mass is 10.00. The van der Waals surface area contributed by atoms with E-state index < -0.39 is 0 Å². The van der Waals surface area contributed by atoms with Crippen molar-refractivity contribution in [2.75, 3.05) is 5.73 Å². The molecule has 108 valence electrons. The topological polar surface area (TPSA) is 69.6 Å². The van der Waals surface area contributed by atoms with Gasteiger partial charge in [-0.25, -0.2) is 4.68 Å². The second-order valence-electron chi connectivity index (χ2n) is 5.24. The van der Waals surface area contributed by atoms with Crippen molar-refractivity contribution in [3.05, 3.63) is 22.2 Å². The monoisotopic (exact) mass is 337 g/mol. The molecule has 0 saturated heterocycles. The quantitative estimate of drug-likeness (QED) is 0.865. The van der Waals surface area contributed by atoms with Gasteiger partial charge in [-0.15, -0.1) is 5.10 Å². The van der Waals surface area contributed by atoms with Crippen LogP contribution in [-0.4, -0.2) is 20.2 Å². The normalized spacial score (nSPS) is 14.2. The Morgan fingerprint density at radius 3 is 2.70 bits per heavy atom. The summed E-state index contributed by atoms with van der Waals surface area (Å²) < 4.78 is 2.82. The average Bonchev–Trinajstić information content (AvgIpc) is 2.90. The van der Waals surface area contributed by atoms with Crippen LogP contribution in [0, 0.1) is 12.8 Å². The maximum Gasteiger partial charge on any atom is 0.182 e. The smallest absolute Gasteiger partial charge is 0.182 e. The van der Waals surface area contributed by atoms with Gasteiger partial charge in [-0.05, 0) is 47.9 Å². The number of rotatable bonds is 4. The van der Waals surface area contributed by atoms with E-state index in [4.69, 9.17) is 5.73 Å². The van der Waals surface area contributed by atoms with Crippen LogP contribution in [0.25, 0.3) is 11.4 Å². The summed E-state index contributed by atoms with van der Waals surface area (Å²) >= 11 is 3.48. The standard InChI is InChI=1S/C14H20BrN5/c1-5-8(2)10(4)20-14(17-18-19-20)12-6-11(15)7-13(16)9(12)3/h6-8,10H,5,16H2,1-4H3. The first-order chi connectivity index (χ1) is 9.45. The van der Waals surface area contributed by atoms with Crippen LogP contribution < -0.4 is 5.73 Å². The van der Waals surface area contributed by atoms with Gasteiger partial charge in [0.05, 0.1) is 6.04 Å². The molecule has 6 heteroatoms. The van der Waals surface area contributed by atoms with Crippen molar-refractivity contribution >= 4 is 21.6 Å². The molecular weight excluding hydrogens is 318 g/mol. The molecule has 20 heavy (non-hydrogen) atoms. The van der Waals surface area contributed by atoms with E-state index in [1.165, 1.54) is 0 Å². The minimum Gasteiger partial charge on any atom is -0.398 e. The molecular formula is C14H20BrN5. The second-order valence-corrected chi connectivity index (χ2v) is 6.16. The summed E-state index contributed by atoms with van der Waals surface area (Å²) in [4.78, 5) is 0. The van der Waals surface area contributed by atoms with Crippen molar-refractivity contribution in [3.63, 3.8) is 0 Å². The van der Waals surface area contributed by atoms with Gasteiger partial charge in [-0.2, -0.15) is 0 Å². The number of hydrogen-bond donors (Lipinski definition) is 1. The van der Waals surface area contributed by atoms with Gasteiger partial charge in [-0.1, -0.05) is 36.2 Å². The molecule has 0 amide bonds. The maximum absolute atomic E-state index is 6.03. The zero-order valence-corrected chi connectivity index (χ0v) is 13.8. The maximum atomic E-state index is 6.03. The molecule has 2 atom stereocenters. The molecule has 0 saturated carbocycles. The van der Waals surface area contributed by atoms with Crippen molar-refractivity contribution < 1.29 is 0 Å². The van der Waals surface area contributed by atoms with Crippen molar-refractivity contribution in [2.24, 2.45) is 5.92 Å². The highest BCUT2D eigenvalue weighted by Gasteiger charge is 2.20. The van der Waals surface area contributed by atoms with Gasteiger partial charge < -0.3 is 5.73 Å². The summed E-state index contributed by atoms with van der Waals surface area (Å²) in [6.07, 6.45) is 1.08. The molecule has 2 N–H and O–H groups in total. The third-order valence-corrected chi connectivity index (χ3v) is 4.46. The molecule has 1 heterocycles. The Labute approximate surface area is 127 Å². The van der Waals surface area contributed by atoms with E-state index in [9.17, 15) is 0 Å². The van der Waals surface area contributed by atoms with E-state index in [-0.39, 0.29) is 6.04 Å². The second kappa shape index (κ2) is 5.91. The Morgan fingerprint density at radius 2 is 2.05 bits per heavy atom. The average molecular weight is 338 g/mol. The van der Waals surface area contributed by atoms with Gasteiger partial charge in [0, 0.05) is 15.7 Å². The molecule has 0 spiro atoms. The first-order valence-electron chi connectivity index (χ1n) is 6.79. The Morgan fingerprint density at radius 1 is 1.35 bits per heavy atom. The van der Waals surface area contributed by atoms with E-state index in [0.29, 0.717) is 5.92 Å². The van der Waals surface area contributed by atoms with Crippen molar-refractivity contribution in [1.82, 2.24) is 20.2 Å². The van der Waals surface area contributed by atoms with Gasteiger partial charge >= 0.3 is 0 Å². The highest BCUT2D eigenvalue weighted by molar-refractivity contribution is 9.10. The van der Waals surface area contributed by atoms with Gasteiger partial charge in [0.15, 0.2) is 5.82 Å². The van der Waals surface area contributed by atoms with Crippen LogP contribution in [0.1, 0.15) is 38.8 Å². The first kappa shape index (κ1) is 15.0. The predicted molar refractivity (Wildman–Crippen MR) is 84.3 cm³/mol. The summed E-state index contributed by atoms with van der Waals surface area (Å²) in [6, 6.07) is 4.15. The molecule has 1 aromatic heterocycles. The summed E-state index contributed by atoms with van der Waals surface area (Å²) in [6.45, 7) is 8.51. The summed E-state index contributed by atoms with van der Waals surface area (Å²) in [5.74, 6) is 1.27. The molecule has 0 fully saturated rings. The van der Waals surface area contributed by atoms with Gasteiger partial charge in [0.25, 0.3) is 0 Å². The van der Waals surface area contributed by atoms with Crippen molar-refractivity contribution in [1.29, 1.82) is 0 Å². The van der Waals surface area contributed by atoms with Crippen LogP contribution >= 0.6 is 15.9 Å². The molecule has 0 aliphatic carbocycles. The van der Waals surface area contributed by atoms with E-state index >= 15 is 0 Å². The minimum absolute atomic E-state index is 0.240. The van der Waals surface area contributed by atoms with E-state index in [1.807, 2.05) is 23.7 Å². The Bertz CT molecular complexity index is 608. The van der Waals surface area contributed by atoms with E-state index in [0.717, 1.165) is 33.5 Å². The number of nitrogens with two attached hydrogens (primary N) is 1. The zero-order chi connectivity index (χ0) is 14.9. The number of nitrogens with zero attached hydrogens (tertiary/aromatic N) is 4. The van der Waals surface area contributed by atoms with Crippen molar-refractivity contribution in [3.8, 4) is 11.4 Å². The van der Waals surface area contributed by atoms with Crippen LogP contribution in [0.2, 0.25) is 0 Å². The van der Waals surface area contributed by atoms with E-state index in [2.05, 4.69) is 52.2 Å². The molecule has 2 aromatic rings. The lowest BCUT2D eigenvalue weighted by Gasteiger charge is -2.20. The largest absolute Gasteiger partial charge is 0.398 e. The van der Waals surface area contributed by atoms with Gasteiger partial charge in [-0.3, -0.25) is 0 Å². The Balaban J connectivity index is 2.53. The zero-order valence-electron chi connectivity index (χ0n) is 12.3. The fourth-order valence-electron chi connectivity index (χ4n) is 2.16. The summed E-state index contributed by atoms with van der Waals surface area (Å²) in [7, 11) is 0. The van der Waals surface area contributed by atoms with E-state index in [1.54, 1.807) is 0 Å². The lowest BCUT2D eigenvalue weighted by Crippen LogP contribution is -2.16. The SMILES string of the molecule is CCC(C)C(C)n1nnnc1-c1cc(Br)cc(N)c1C. The molecule has 2 unspecified atom stereocenters. The fraction of sp³-hybridized carbons (Fsp3) is 0.500. The molecule has 2 rings (SSSR count). The Kier molecular flexibility index (Phi) is 4.42. The van der Waals surface area contributed by atoms with Gasteiger partial charge in [0.1, 0.15) is 0 Å². The molecule has 1 aromatic carbocycles. The number of nitrogen functional groups attached to an aromatic ring is 1. The number of halogens is 1. The number of anilines is 1. The molecule has 0 aliphatic heterocycles. The predicted octanol–water partition coefficient (Wildman–Crippen LogP) is 3.60. The number of aromatic nitrogens is 4. The number of tetrazole rings is 1. The molecule has 0 radical (unpaired) electrons. The van der Waals surface area contributed by atoms with Crippen LogP contribution in [0.15, 0.2) is 16.6 Å². The van der Waals surface area contributed by atoms with Crippen LogP contribution in [0.4, 0.5) is 5.69 Å². The first-order valence-corrected chi connectivity index (χ1v) is 7.58. The summed E-state index contributed by atoms with van der Waals surface area (Å²) in [5.41, 5.74) is 8.74. The highest BCUT2D eigenvalue weighted by atomic mass is 79.9. The highest BCUT2D eigenvalue weighted by Crippen LogP contribution is 2.32. The molecule has 0 aliphatic rings. The molecule has 0 bridgehead atoms. The minimum atomic E-state index is 0.240. The third kappa shape index (κ3) is 2.70. The number of benzene rings is 1. The third-order valence-electron chi connectivity index (χ3n) is 4.00.